The van der Waals surface area contributed by atoms with E-state index in [1.54, 1.807) is 23.9 Å². The highest BCUT2D eigenvalue weighted by Crippen LogP contribution is 2.32. The standard InChI is InChI=1S/C10H7NO3S/c12-7-1-2-15-9-4-8-6(3-5(7)9)11-10(13)14-8/h3-4H,1-2H2,(H,11,13). The van der Waals surface area contributed by atoms with Crippen LogP contribution in [0.4, 0.5) is 0 Å². The molecule has 1 aliphatic rings. The molecule has 0 radical (unpaired) electrons. The minimum absolute atomic E-state index is 0.132. The number of nitrogens with one attached hydrogen (secondary N) is 1. The highest BCUT2D eigenvalue weighted by atomic mass is 32.2. The van der Waals surface area contributed by atoms with Crippen molar-refractivity contribution in [2.45, 2.75) is 11.3 Å². The third-order valence-corrected chi connectivity index (χ3v) is 3.47. The van der Waals surface area contributed by atoms with Crippen LogP contribution in [0.3, 0.4) is 0 Å². The van der Waals surface area contributed by atoms with Crippen LogP contribution in [0.25, 0.3) is 11.1 Å². The van der Waals surface area contributed by atoms with Crippen LogP contribution in [0, 0.1) is 0 Å². The average Bonchev–Trinajstić information content (AvgIpc) is 2.55. The number of Topliss-reactive ketones (excluding diaryl/α,β-unsaturated/α-hetero) is 1. The van der Waals surface area contributed by atoms with Crippen molar-refractivity contribution in [1.29, 1.82) is 0 Å². The molecule has 0 aliphatic carbocycles. The van der Waals surface area contributed by atoms with Crippen molar-refractivity contribution in [3.05, 3.63) is 28.2 Å². The maximum atomic E-state index is 11.6. The molecule has 1 aromatic heterocycles. The Morgan fingerprint density at radius 3 is 3.07 bits per heavy atom. The minimum atomic E-state index is -0.482. The van der Waals surface area contributed by atoms with Crippen molar-refractivity contribution in [1.82, 2.24) is 4.98 Å². The number of aromatic amines is 1. The van der Waals surface area contributed by atoms with Gasteiger partial charge in [0, 0.05) is 22.6 Å². The van der Waals surface area contributed by atoms with E-state index >= 15 is 0 Å². The molecule has 0 unspecified atom stereocenters. The van der Waals surface area contributed by atoms with Gasteiger partial charge in [-0.15, -0.1) is 11.8 Å². The Kier molecular flexibility index (Phi) is 1.76. The lowest BCUT2D eigenvalue weighted by atomic mass is 10.1. The molecule has 1 aromatic carbocycles. The molecule has 76 valence electrons. The van der Waals surface area contributed by atoms with Gasteiger partial charge in [0.1, 0.15) is 0 Å². The lowest BCUT2D eigenvalue weighted by Crippen LogP contribution is -2.07. The van der Waals surface area contributed by atoms with Gasteiger partial charge in [-0.05, 0) is 12.1 Å². The lowest BCUT2D eigenvalue weighted by molar-refractivity contribution is 0.0985. The van der Waals surface area contributed by atoms with Crippen LogP contribution in [0.15, 0.2) is 26.2 Å². The summed E-state index contributed by atoms with van der Waals surface area (Å²) in [6.45, 7) is 0. The van der Waals surface area contributed by atoms with Crippen molar-refractivity contribution in [2.24, 2.45) is 0 Å². The number of aromatic nitrogens is 1. The van der Waals surface area contributed by atoms with E-state index in [0.29, 0.717) is 23.1 Å². The van der Waals surface area contributed by atoms with E-state index in [-0.39, 0.29) is 5.78 Å². The number of H-pyrrole nitrogens is 1. The predicted molar refractivity (Wildman–Crippen MR) is 56.5 cm³/mol. The largest absolute Gasteiger partial charge is 0.417 e. The minimum Gasteiger partial charge on any atom is -0.408 e. The van der Waals surface area contributed by atoms with Gasteiger partial charge in [-0.2, -0.15) is 0 Å². The van der Waals surface area contributed by atoms with Crippen LogP contribution in [0.2, 0.25) is 0 Å². The monoisotopic (exact) mass is 221 g/mol. The number of thioether (sulfide) groups is 1. The number of rotatable bonds is 0. The number of benzene rings is 1. The zero-order valence-corrected chi connectivity index (χ0v) is 8.52. The van der Waals surface area contributed by atoms with E-state index < -0.39 is 5.76 Å². The molecule has 0 saturated heterocycles. The van der Waals surface area contributed by atoms with Crippen LogP contribution < -0.4 is 5.76 Å². The van der Waals surface area contributed by atoms with Crippen LogP contribution in [-0.2, 0) is 0 Å². The quantitative estimate of drug-likeness (QED) is 0.736. The lowest BCUT2D eigenvalue weighted by Gasteiger charge is -2.12. The molecule has 0 bridgehead atoms. The summed E-state index contributed by atoms with van der Waals surface area (Å²) in [6, 6.07) is 3.45. The molecule has 2 heterocycles. The van der Waals surface area contributed by atoms with Gasteiger partial charge in [-0.25, -0.2) is 4.79 Å². The summed E-state index contributed by atoms with van der Waals surface area (Å²) < 4.78 is 4.93. The normalized spacial score (nSPS) is 15.6. The Labute approximate surface area is 88.7 Å². The second-order valence-electron chi connectivity index (χ2n) is 3.38. The molecule has 0 saturated carbocycles. The van der Waals surface area contributed by atoms with Crippen LogP contribution >= 0.6 is 11.8 Å². The molecular formula is C10H7NO3S. The summed E-state index contributed by atoms with van der Waals surface area (Å²) in [6.07, 6.45) is 0.561. The molecule has 5 heteroatoms. The molecule has 1 N–H and O–H groups in total. The van der Waals surface area contributed by atoms with Crippen molar-refractivity contribution in [3.63, 3.8) is 0 Å². The topological polar surface area (TPSA) is 63.1 Å². The van der Waals surface area contributed by atoms with Gasteiger partial charge in [0.15, 0.2) is 11.4 Å². The van der Waals surface area contributed by atoms with Gasteiger partial charge in [0.2, 0.25) is 0 Å². The smallest absolute Gasteiger partial charge is 0.408 e. The first-order chi connectivity index (χ1) is 7.24. The van der Waals surface area contributed by atoms with Gasteiger partial charge >= 0.3 is 5.76 Å². The highest BCUT2D eigenvalue weighted by Gasteiger charge is 2.19. The first-order valence-electron chi connectivity index (χ1n) is 4.57. The van der Waals surface area contributed by atoms with Crippen molar-refractivity contribution < 1.29 is 9.21 Å². The van der Waals surface area contributed by atoms with E-state index in [9.17, 15) is 9.59 Å². The summed E-state index contributed by atoms with van der Waals surface area (Å²) in [5.74, 6) is 0.448. The molecule has 0 spiro atoms. The number of ketones is 1. The van der Waals surface area contributed by atoms with Gasteiger partial charge in [0.25, 0.3) is 0 Å². The molecule has 3 rings (SSSR count). The third-order valence-electron chi connectivity index (χ3n) is 2.41. The Bertz CT molecular complexity index is 611. The van der Waals surface area contributed by atoms with Crippen LogP contribution in [-0.4, -0.2) is 16.5 Å². The number of fused-ring (bicyclic) bond motifs is 2. The predicted octanol–water partition coefficient (Wildman–Crippen LogP) is 1.80. The SMILES string of the molecule is O=C1CCSc2cc3oc(=O)[nH]c3cc21. The maximum absolute atomic E-state index is 11.6. The van der Waals surface area contributed by atoms with E-state index in [1.807, 2.05) is 0 Å². The molecule has 0 fully saturated rings. The van der Waals surface area contributed by atoms with Crippen LogP contribution in [0.5, 0.6) is 0 Å². The fourth-order valence-corrected chi connectivity index (χ4v) is 2.73. The molecule has 1 aliphatic heterocycles. The van der Waals surface area contributed by atoms with E-state index in [4.69, 9.17) is 4.42 Å². The van der Waals surface area contributed by atoms with Gasteiger partial charge < -0.3 is 4.42 Å². The fourth-order valence-electron chi connectivity index (χ4n) is 1.70. The van der Waals surface area contributed by atoms with Crippen LogP contribution in [0.1, 0.15) is 16.8 Å². The molecule has 15 heavy (non-hydrogen) atoms. The Balaban J connectivity index is 2.35. The number of carbonyl (C=O) groups is 1. The van der Waals surface area contributed by atoms with E-state index in [1.165, 1.54) is 0 Å². The molecule has 4 nitrogen and oxygen atoms in total. The second-order valence-corrected chi connectivity index (χ2v) is 4.52. The highest BCUT2D eigenvalue weighted by molar-refractivity contribution is 7.99. The van der Waals surface area contributed by atoms with Crippen molar-refractivity contribution in [2.75, 3.05) is 5.75 Å². The van der Waals surface area contributed by atoms with E-state index in [2.05, 4.69) is 4.98 Å². The molecule has 0 amide bonds. The van der Waals surface area contributed by atoms with Gasteiger partial charge in [0.05, 0.1) is 5.52 Å². The Morgan fingerprint density at radius 2 is 2.20 bits per heavy atom. The van der Waals surface area contributed by atoms with Crippen molar-refractivity contribution >= 4 is 28.6 Å². The summed E-state index contributed by atoms with van der Waals surface area (Å²) >= 11 is 1.62. The van der Waals surface area contributed by atoms with E-state index in [0.717, 1.165) is 10.6 Å². The summed E-state index contributed by atoms with van der Waals surface area (Å²) in [7, 11) is 0. The average molecular weight is 221 g/mol. The number of hydrogen-bond acceptors (Lipinski definition) is 4. The maximum Gasteiger partial charge on any atom is 0.417 e. The fraction of sp³-hybridized carbons (Fsp3) is 0.200. The summed E-state index contributed by atoms with van der Waals surface area (Å²) in [5, 5.41) is 0. The van der Waals surface area contributed by atoms with Gasteiger partial charge in [-0.3, -0.25) is 9.78 Å². The number of oxazole rings is 1. The van der Waals surface area contributed by atoms with Gasteiger partial charge in [-0.1, -0.05) is 0 Å². The first kappa shape index (κ1) is 8.79. The number of carbonyl (C=O) groups excluding carboxylic acids is 1. The molecule has 0 atom stereocenters. The zero-order chi connectivity index (χ0) is 10.4. The third kappa shape index (κ3) is 1.31. The first-order valence-corrected chi connectivity index (χ1v) is 5.55. The zero-order valence-electron chi connectivity index (χ0n) is 7.70. The second kappa shape index (κ2) is 3.00. The molecule has 2 aromatic rings. The Hall–Kier alpha value is -1.49. The molecular weight excluding hydrogens is 214 g/mol. The van der Waals surface area contributed by atoms with Crippen molar-refractivity contribution in [3.8, 4) is 0 Å². The number of hydrogen-bond donors (Lipinski definition) is 1. The summed E-state index contributed by atoms with van der Waals surface area (Å²) in [5.41, 5.74) is 1.80. The summed E-state index contributed by atoms with van der Waals surface area (Å²) in [4.78, 5) is 26.0. The Morgan fingerprint density at radius 1 is 1.33 bits per heavy atom.